The van der Waals surface area contributed by atoms with Crippen LogP contribution in [0.15, 0.2) is 134 Å². The van der Waals surface area contributed by atoms with Crippen LogP contribution in [0.25, 0.3) is 0 Å². The number of ether oxygens (including phenoxy) is 3. The summed E-state index contributed by atoms with van der Waals surface area (Å²) in [5.74, 6) is -0.993. The van der Waals surface area contributed by atoms with Gasteiger partial charge in [0, 0.05) is 19.3 Å². The van der Waals surface area contributed by atoms with Gasteiger partial charge in [-0.05, 0) is 135 Å². The van der Waals surface area contributed by atoms with Crippen LogP contribution < -0.4 is 0 Å². The fraction of sp³-hybridized carbons (Fsp3) is 0.675. The molecule has 0 aromatic carbocycles. The van der Waals surface area contributed by atoms with E-state index in [1.807, 2.05) is 0 Å². The molecule has 472 valence electrons. The van der Waals surface area contributed by atoms with E-state index in [-0.39, 0.29) is 37.5 Å². The molecule has 6 heteroatoms. The monoisotopic (exact) mass is 1150 g/mol. The Morgan fingerprint density at radius 2 is 0.470 bits per heavy atom. The van der Waals surface area contributed by atoms with Gasteiger partial charge in [0.25, 0.3) is 0 Å². The predicted molar refractivity (Wildman–Crippen MR) is 362 cm³/mol. The second-order valence-electron chi connectivity index (χ2n) is 22.7. The molecule has 0 aromatic heterocycles. The maximum absolute atomic E-state index is 12.9. The molecule has 0 radical (unpaired) electrons. The molecule has 0 N–H and O–H groups in total. The van der Waals surface area contributed by atoms with Gasteiger partial charge in [-0.15, -0.1) is 0 Å². The molecule has 1 unspecified atom stereocenters. The van der Waals surface area contributed by atoms with Crippen LogP contribution in [-0.2, 0) is 28.6 Å². The number of allylic oxidation sites excluding steroid dienone is 22. The number of hydrogen-bond acceptors (Lipinski definition) is 6. The third-order valence-electron chi connectivity index (χ3n) is 14.6. The highest BCUT2D eigenvalue weighted by atomic mass is 16.6. The van der Waals surface area contributed by atoms with Crippen LogP contribution in [0, 0.1) is 0 Å². The summed E-state index contributed by atoms with van der Waals surface area (Å²) >= 11 is 0. The van der Waals surface area contributed by atoms with Crippen molar-refractivity contribution in [2.75, 3.05) is 13.2 Å². The lowest BCUT2D eigenvalue weighted by atomic mass is 10.0. The molecule has 0 aliphatic rings. The van der Waals surface area contributed by atoms with Crippen molar-refractivity contribution in [1.82, 2.24) is 0 Å². The van der Waals surface area contributed by atoms with Gasteiger partial charge in [0.15, 0.2) is 6.10 Å². The van der Waals surface area contributed by atoms with E-state index in [4.69, 9.17) is 14.2 Å². The van der Waals surface area contributed by atoms with Crippen molar-refractivity contribution in [3.05, 3.63) is 134 Å². The average molecular weight is 1150 g/mol. The Hall–Kier alpha value is -4.45. The van der Waals surface area contributed by atoms with Crippen molar-refractivity contribution in [3.63, 3.8) is 0 Å². The van der Waals surface area contributed by atoms with Crippen molar-refractivity contribution < 1.29 is 28.6 Å². The average Bonchev–Trinajstić information content (AvgIpc) is 3.49. The number of rotatable bonds is 62. The van der Waals surface area contributed by atoms with Gasteiger partial charge in [-0.3, -0.25) is 14.4 Å². The molecule has 0 rings (SSSR count). The lowest BCUT2D eigenvalue weighted by Crippen LogP contribution is -2.30. The fourth-order valence-electron chi connectivity index (χ4n) is 9.49. The van der Waals surface area contributed by atoms with E-state index in [0.29, 0.717) is 25.7 Å². The molecule has 0 amide bonds. The van der Waals surface area contributed by atoms with E-state index in [1.165, 1.54) is 154 Å². The minimum absolute atomic E-state index is 0.111. The minimum atomic E-state index is -0.824. The summed E-state index contributed by atoms with van der Waals surface area (Å²) < 4.78 is 16.9. The van der Waals surface area contributed by atoms with Gasteiger partial charge in [-0.2, -0.15) is 0 Å². The second kappa shape index (κ2) is 70.0. The molecule has 0 saturated carbocycles. The van der Waals surface area contributed by atoms with E-state index < -0.39 is 6.10 Å². The zero-order chi connectivity index (χ0) is 59.9. The van der Waals surface area contributed by atoms with Crippen LogP contribution in [0.2, 0.25) is 0 Å². The first-order valence-corrected chi connectivity index (χ1v) is 34.7. The zero-order valence-corrected chi connectivity index (χ0v) is 54.2. The minimum Gasteiger partial charge on any atom is -0.462 e. The van der Waals surface area contributed by atoms with Crippen LogP contribution in [0.5, 0.6) is 0 Å². The Labute approximate surface area is 513 Å². The van der Waals surface area contributed by atoms with Crippen LogP contribution in [0.1, 0.15) is 316 Å². The first-order valence-electron chi connectivity index (χ1n) is 34.7. The topological polar surface area (TPSA) is 78.9 Å². The Morgan fingerprint density at radius 3 is 0.771 bits per heavy atom. The molecule has 0 saturated heterocycles. The SMILES string of the molecule is CC/C=C\C/C=C\C/C=C\C/C=C\C/C=C\C/C=C\CCCCC(=O)OC(COC(=O)CCCC/C=C\C/C=C\C/C=C\C/C=C\CC)COC(=O)CCCCCCCCCCCCCCCCCCC/C=C\CCCCCCCCCC. The quantitative estimate of drug-likeness (QED) is 0.0261. The zero-order valence-electron chi connectivity index (χ0n) is 54.2. The Balaban J connectivity index is 4.37. The summed E-state index contributed by atoms with van der Waals surface area (Å²) in [4.78, 5) is 38.4. The molecule has 0 aliphatic heterocycles. The lowest BCUT2D eigenvalue weighted by Gasteiger charge is -2.18. The van der Waals surface area contributed by atoms with E-state index in [2.05, 4.69) is 154 Å². The first-order chi connectivity index (χ1) is 41.0. The molecule has 0 spiro atoms. The van der Waals surface area contributed by atoms with E-state index in [0.717, 1.165) is 109 Å². The van der Waals surface area contributed by atoms with Crippen LogP contribution in [0.4, 0.5) is 0 Å². The van der Waals surface area contributed by atoms with Crippen molar-refractivity contribution in [3.8, 4) is 0 Å². The number of unbranched alkanes of at least 4 members (excludes halogenated alkanes) is 29. The smallest absolute Gasteiger partial charge is 0.306 e. The normalized spacial score (nSPS) is 13.0. The molecular weight excluding hydrogens is 1020 g/mol. The molecule has 0 fully saturated rings. The summed E-state index contributed by atoms with van der Waals surface area (Å²) in [5, 5.41) is 0. The van der Waals surface area contributed by atoms with Gasteiger partial charge in [-0.25, -0.2) is 0 Å². The maximum atomic E-state index is 12.9. The summed E-state index contributed by atoms with van der Waals surface area (Å²) in [5.41, 5.74) is 0. The summed E-state index contributed by atoms with van der Waals surface area (Å²) in [6.07, 6.45) is 99.2. The van der Waals surface area contributed by atoms with Gasteiger partial charge >= 0.3 is 17.9 Å². The van der Waals surface area contributed by atoms with Crippen LogP contribution in [-0.4, -0.2) is 37.2 Å². The van der Waals surface area contributed by atoms with E-state index in [9.17, 15) is 14.4 Å². The third-order valence-corrected chi connectivity index (χ3v) is 14.6. The van der Waals surface area contributed by atoms with Gasteiger partial charge in [0.1, 0.15) is 13.2 Å². The predicted octanol–water partition coefficient (Wildman–Crippen LogP) is 24.1. The Kier molecular flexibility index (Phi) is 66.3. The van der Waals surface area contributed by atoms with Crippen molar-refractivity contribution in [1.29, 1.82) is 0 Å². The maximum Gasteiger partial charge on any atom is 0.306 e. The Morgan fingerprint density at radius 1 is 0.253 bits per heavy atom. The second-order valence-corrected chi connectivity index (χ2v) is 22.7. The van der Waals surface area contributed by atoms with Gasteiger partial charge in [-0.1, -0.05) is 296 Å². The molecular formula is C77H128O6. The highest BCUT2D eigenvalue weighted by Crippen LogP contribution is 2.17. The van der Waals surface area contributed by atoms with Crippen molar-refractivity contribution in [2.45, 2.75) is 322 Å². The van der Waals surface area contributed by atoms with Crippen LogP contribution >= 0.6 is 0 Å². The molecule has 0 bridgehead atoms. The standard InChI is InChI=1S/C77H128O6/c1-4-7-10-13-16-19-22-25-28-30-32-34-35-36-37-38-39-40-41-43-44-46-49-52-55-58-61-64-67-70-76(79)82-73-74(72-81-75(78)69-66-63-60-57-54-51-48-27-24-21-18-15-12-9-6-3)83-77(80)71-68-65-62-59-56-53-50-47-45-42-33-31-29-26-23-20-17-14-11-8-5-2/h8-9,11-12,17-18,20-21,26-27,29-30,32-33,42,47-48,50,54,56-57,59,74H,4-7,10,13-16,19,22-25,28,31,34-41,43-46,49,51-53,55,58,60-73H2,1-3H3/b11-8-,12-9-,20-17-,21-18-,29-26-,32-30-,42-33-,48-27-,50-47-,57-54-,59-56-. The number of carbonyl (C=O) groups is 3. The van der Waals surface area contributed by atoms with Gasteiger partial charge < -0.3 is 14.2 Å². The van der Waals surface area contributed by atoms with E-state index in [1.54, 1.807) is 0 Å². The molecule has 0 aliphatic carbocycles. The number of esters is 3. The fourth-order valence-corrected chi connectivity index (χ4v) is 9.49. The third kappa shape index (κ3) is 68.2. The highest BCUT2D eigenvalue weighted by Gasteiger charge is 2.19. The highest BCUT2D eigenvalue weighted by molar-refractivity contribution is 5.71. The van der Waals surface area contributed by atoms with Crippen molar-refractivity contribution in [2.24, 2.45) is 0 Å². The first kappa shape index (κ1) is 78.5. The molecule has 1 atom stereocenters. The molecule has 83 heavy (non-hydrogen) atoms. The summed E-state index contributed by atoms with van der Waals surface area (Å²) in [6, 6.07) is 0. The Bertz CT molecular complexity index is 1750. The summed E-state index contributed by atoms with van der Waals surface area (Å²) in [7, 11) is 0. The van der Waals surface area contributed by atoms with E-state index >= 15 is 0 Å². The number of hydrogen-bond donors (Lipinski definition) is 0. The van der Waals surface area contributed by atoms with Gasteiger partial charge in [0.05, 0.1) is 0 Å². The summed E-state index contributed by atoms with van der Waals surface area (Å²) in [6.45, 7) is 6.36. The number of carbonyl (C=O) groups excluding carboxylic acids is 3. The molecule has 6 nitrogen and oxygen atoms in total. The van der Waals surface area contributed by atoms with Gasteiger partial charge in [0.2, 0.25) is 0 Å². The van der Waals surface area contributed by atoms with Crippen LogP contribution in [0.3, 0.4) is 0 Å². The molecule has 0 aromatic rings. The van der Waals surface area contributed by atoms with Crippen molar-refractivity contribution >= 4 is 17.9 Å². The molecule has 0 heterocycles. The largest absolute Gasteiger partial charge is 0.462 e. The lowest BCUT2D eigenvalue weighted by molar-refractivity contribution is -0.167.